The topological polar surface area (TPSA) is 37.1 Å². The van der Waals surface area contributed by atoms with Gasteiger partial charge in [-0.1, -0.05) is 26.8 Å². The van der Waals surface area contributed by atoms with Crippen molar-refractivity contribution < 1.29 is 4.39 Å². The molecule has 0 aromatic heterocycles. The fraction of sp³-hybridized carbons (Fsp3) is 0.417. The average Bonchev–Trinajstić information content (AvgIpc) is 2.69. The Hall–Kier alpha value is -1.58. The lowest BCUT2D eigenvalue weighted by atomic mass is 9.86. The van der Waals surface area contributed by atoms with E-state index in [9.17, 15) is 4.39 Å². The van der Waals surface area contributed by atoms with Crippen molar-refractivity contribution in [2.75, 3.05) is 6.67 Å². The number of halogens is 1. The number of hydrogen-bond acceptors (Lipinski definition) is 3. The quantitative estimate of drug-likeness (QED) is 0.695. The van der Waals surface area contributed by atoms with Crippen LogP contribution in [0.4, 0.5) is 4.39 Å². The van der Waals surface area contributed by atoms with Crippen molar-refractivity contribution >= 4 is 5.84 Å². The average molecular weight is 219 g/mol. The van der Waals surface area contributed by atoms with E-state index in [0.717, 1.165) is 5.56 Å². The van der Waals surface area contributed by atoms with Gasteiger partial charge in [0.2, 0.25) is 0 Å². The van der Waals surface area contributed by atoms with Gasteiger partial charge in [0.25, 0.3) is 0 Å². The molecule has 3 nitrogen and oxygen atoms in total. The Morgan fingerprint density at radius 2 is 2.00 bits per heavy atom. The molecule has 0 aliphatic carbocycles. The van der Waals surface area contributed by atoms with E-state index in [2.05, 4.69) is 15.2 Å². The summed E-state index contributed by atoms with van der Waals surface area (Å²) in [6.07, 6.45) is 0. The number of aliphatic imine (C=N–C) groups is 1. The van der Waals surface area contributed by atoms with Crippen LogP contribution in [0, 0.1) is 5.82 Å². The molecule has 0 spiro atoms. The van der Waals surface area contributed by atoms with E-state index in [4.69, 9.17) is 0 Å². The van der Waals surface area contributed by atoms with Crippen molar-refractivity contribution in [3.8, 4) is 0 Å². The van der Waals surface area contributed by atoms with E-state index in [1.54, 1.807) is 12.1 Å². The molecule has 84 valence electrons. The number of benzene rings is 1. The van der Waals surface area contributed by atoms with Gasteiger partial charge in [0.1, 0.15) is 5.82 Å². The Kier molecular flexibility index (Phi) is 2.58. The molecule has 2 rings (SSSR count). The SMILES string of the molecule is CC(C)(C)c1ccc(C2=NCN=N2)c(F)c1. The lowest BCUT2D eigenvalue weighted by Gasteiger charge is -2.19. The molecule has 16 heavy (non-hydrogen) atoms. The van der Waals surface area contributed by atoms with Gasteiger partial charge in [-0.15, -0.1) is 5.11 Å². The minimum Gasteiger partial charge on any atom is -0.239 e. The molecule has 1 aliphatic rings. The third-order valence-electron chi connectivity index (χ3n) is 2.53. The van der Waals surface area contributed by atoms with E-state index in [1.165, 1.54) is 0 Å². The smallest absolute Gasteiger partial charge is 0.181 e. The highest BCUT2D eigenvalue weighted by atomic mass is 19.1. The fourth-order valence-electron chi connectivity index (χ4n) is 1.53. The van der Waals surface area contributed by atoms with Gasteiger partial charge in [0.05, 0.1) is 5.56 Å². The summed E-state index contributed by atoms with van der Waals surface area (Å²) in [6, 6.07) is 5.18. The van der Waals surface area contributed by atoms with Crippen molar-refractivity contribution in [3.05, 3.63) is 35.1 Å². The molecule has 0 amide bonds. The van der Waals surface area contributed by atoms with E-state index in [1.807, 2.05) is 26.8 Å². The molecule has 0 unspecified atom stereocenters. The maximum Gasteiger partial charge on any atom is 0.181 e. The standard InChI is InChI=1S/C12H14FN3/c1-12(2,3)8-4-5-9(10(13)6-8)11-14-7-15-16-11/h4-6H,7H2,1-3H3. The van der Waals surface area contributed by atoms with Gasteiger partial charge in [-0.2, -0.15) is 5.11 Å². The van der Waals surface area contributed by atoms with Crippen LogP contribution in [0.3, 0.4) is 0 Å². The Morgan fingerprint density at radius 1 is 1.25 bits per heavy atom. The van der Waals surface area contributed by atoms with E-state index >= 15 is 0 Å². The van der Waals surface area contributed by atoms with E-state index in [0.29, 0.717) is 18.1 Å². The molecule has 0 fully saturated rings. The normalized spacial score (nSPS) is 15.4. The second kappa shape index (κ2) is 3.77. The zero-order valence-corrected chi connectivity index (χ0v) is 9.66. The monoisotopic (exact) mass is 219 g/mol. The van der Waals surface area contributed by atoms with E-state index < -0.39 is 0 Å². The molecule has 0 bridgehead atoms. The molecule has 1 heterocycles. The first kappa shape index (κ1) is 10.9. The Morgan fingerprint density at radius 3 is 2.50 bits per heavy atom. The second-order valence-corrected chi connectivity index (χ2v) is 4.81. The number of nitrogens with zero attached hydrogens (tertiary/aromatic N) is 3. The number of amidine groups is 1. The van der Waals surface area contributed by atoms with Crippen LogP contribution in [0.1, 0.15) is 31.9 Å². The molecule has 0 radical (unpaired) electrons. The number of azo groups is 1. The predicted molar refractivity (Wildman–Crippen MR) is 61.4 cm³/mol. The van der Waals surface area contributed by atoms with Crippen LogP contribution in [0.2, 0.25) is 0 Å². The number of rotatable bonds is 1. The highest BCUT2D eigenvalue weighted by molar-refractivity contribution is 6.00. The molecule has 1 aromatic rings. The minimum absolute atomic E-state index is 0.0572. The lowest BCUT2D eigenvalue weighted by molar-refractivity contribution is 0.571. The highest BCUT2D eigenvalue weighted by Gasteiger charge is 2.18. The summed E-state index contributed by atoms with van der Waals surface area (Å²) < 4.78 is 13.8. The summed E-state index contributed by atoms with van der Waals surface area (Å²) >= 11 is 0. The Labute approximate surface area is 94.1 Å². The molecule has 1 aromatic carbocycles. The summed E-state index contributed by atoms with van der Waals surface area (Å²) in [6.45, 7) is 6.45. The zero-order valence-electron chi connectivity index (χ0n) is 9.66. The van der Waals surface area contributed by atoms with Gasteiger partial charge in [0, 0.05) is 0 Å². The molecular weight excluding hydrogens is 205 g/mol. The van der Waals surface area contributed by atoms with Gasteiger partial charge in [0.15, 0.2) is 12.5 Å². The van der Waals surface area contributed by atoms with Crippen LogP contribution in [0.5, 0.6) is 0 Å². The first-order chi connectivity index (χ1) is 7.48. The first-order valence-corrected chi connectivity index (χ1v) is 5.21. The molecule has 4 heteroatoms. The van der Waals surface area contributed by atoms with Crippen molar-refractivity contribution in [1.29, 1.82) is 0 Å². The van der Waals surface area contributed by atoms with Crippen molar-refractivity contribution in [3.63, 3.8) is 0 Å². The van der Waals surface area contributed by atoms with Gasteiger partial charge < -0.3 is 0 Å². The van der Waals surface area contributed by atoms with Crippen molar-refractivity contribution in [2.45, 2.75) is 26.2 Å². The van der Waals surface area contributed by atoms with Crippen LogP contribution in [-0.2, 0) is 5.41 Å². The summed E-state index contributed by atoms with van der Waals surface area (Å²) in [4.78, 5) is 4.00. The van der Waals surface area contributed by atoms with Crippen LogP contribution >= 0.6 is 0 Å². The molecule has 0 saturated heterocycles. The second-order valence-electron chi connectivity index (χ2n) is 4.81. The summed E-state index contributed by atoms with van der Waals surface area (Å²) in [7, 11) is 0. The van der Waals surface area contributed by atoms with Gasteiger partial charge in [-0.3, -0.25) is 0 Å². The molecule has 0 saturated carbocycles. The summed E-state index contributed by atoms with van der Waals surface area (Å²) in [5.74, 6) is 0.102. The van der Waals surface area contributed by atoms with E-state index in [-0.39, 0.29) is 11.2 Å². The molecule has 0 N–H and O–H groups in total. The van der Waals surface area contributed by atoms with Gasteiger partial charge in [-0.25, -0.2) is 9.38 Å². The fourth-order valence-corrected chi connectivity index (χ4v) is 1.53. The minimum atomic E-state index is -0.285. The van der Waals surface area contributed by atoms with Gasteiger partial charge in [-0.05, 0) is 23.1 Å². The molecule has 1 aliphatic heterocycles. The van der Waals surface area contributed by atoms with Crippen molar-refractivity contribution in [2.24, 2.45) is 15.2 Å². The zero-order chi connectivity index (χ0) is 11.8. The highest BCUT2D eigenvalue weighted by Crippen LogP contribution is 2.24. The maximum atomic E-state index is 13.8. The third-order valence-corrected chi connectivity index (χ3v) is 2.53. The predicted octanol–water partition coefficient (Wildman–Crippen LogP) is 3.29. The molecule has 0 atom stereocenters. The number of hydrogen-bond donors (Lipinski definition) is 0. The lowest BCUT2D eigenvalue weighted by Crippen LogP contribution is -2.12. The van der Waals surface area contributed by atoms with Gasteiger partial charge >= 0.3 is 0 Å². The van der Waals surface area contributed by atoms with Crippen LogP contribution in [0.15, 0.2) is 33.4 Å². The van der Waals surface area contributed by atoms with Crippen LogP contribution < -0.4 is 0 Å². The van der Waals surface area contributed by atoms with Crippen LogP contribution in [-0.4, -0.2) is 12.5 Å². The largest absolute Gasteiger partial charge is 0.239 e. The summed E-state index contributed by atoms with van der Waals surface area (Å²) in [5, 5.41) is 7.50. The Bertz CT molecular complexity index is 470. The Balaban J connectivity index is 2.41. The third kappa shape index (κ3) is 2.01. The van der Waals surface area contributed by atoms with Crippen molar-refractivity contribution in [1.82, 2.24) is 0 Å². The molecular formula is C12H14FN3. The van der Waals surface area contributed by atoms with Crippen LogP contribution in [0.25, 0.3) is 0 Å². The summed E-state index contributed by atoms with van der Waals surface area (Å²) in [5.41, 5.74) is 1.33. The maximum absolute atomic E-state index is 13.8. The first-order valence-electron chi connectivity index (χ1n) is 5.21.